The number of aliphatic carboxylic acids is 1. The highest BCUT2D eigenvalue weighted by Crippen LogP contribution is 2.20. The molecule has 0 aliphatic rings. The molecule has 0 saturated carbocycles. The van der Waals surface area contributed by atoms with Crippen molar-refractivity contribution < 1.29 is 14.3 Å². The maximum atomic E-state index is 13.1. The first-order chi connectivity index (χ1) is 8.63. The van der Waals surface area contributed by atoms with Crippen molar-refractivity contribution in [1.82, 2.24) is 0 Å². The summed E-state index contributed by atoms with van der Waals surface area (Å²) >= 11 is 1.78. The van der Waals surface area contributed by atoms with Crippen LogP contribution < -0.4 is 0 Å². The fourth-order valence-corrected chi connectivity index (χ4v) is 2.56. The number of hydrogen-bond acceptors (Lipinski definition) is 2. The van der Waals surface area contributed by atoms with E-state index in [1.165, 1.54) is 18.2 Å². The quantitative estimate of drug-likeness (QED) is 0.601. The number of thioether (sulfide) groups is 1. The second kappa shape index (κ2) is 7.93. The molecule has 18 heavy (non-hydrogen) atoms. The Morgan fingerprint density at radius 1 is 1.50 bits per heavy atom. The number of carboxylic acid groups (broad SMARTS) is 1. The first-order valence-corrected chi connectivity index (χ1v) is 7.06. The van der Waals surface area contributed by atoms with Crippen LogP contribution in [0.15, 0.2) is 24.3 Å². The zero-order chi connectivity index (χ0) is 13.4. The van der Waals surface area contributed by atoms with Gasteiger partial charge >= 0.3 is 5.97 Å². The molecule has 0 atom stereocenters. The first kappa shape index (κ1) is 14.8. The number of benzene rings is 1. The van der Waals surface area contributed by atoms with Gasteiger partial charge in [0.05, 0.1) is 0 Å². The summed E-state index contributed by atoms with van der Waals surface area (Å²) in [5, 5.41) is 8.60. The monoisotopic (exact) mass is 268 g/mol. The Bertz CT molecular complexity index is 430. The predicted octanol–water partition coefficient (Wildman–Crippen LogP) is 3.96. The minimum absolute atomic E-state index is 0.345. The second-order valence-electron chi connectivity index (χ2n) is 3.92. The molecule has 0 bridgehead atoms. The maximum Gasteiger partial charge on any atom is 0.328 e. The van der Waals surface area contributed by atoms with Crippen LogP contribution >= 0.6 is 11.8 Å². The molecule has 1 aromatic carbocycles. The molecule has 0 aliphatic carbocycles. The lowest BCUT2D eigenvalue weighted by Crippen LogP contribution is -1.92. The molecule has 1 aromatic rings. The lowest BCUT2D eigenvalue weighted by molar-refractivity contribution is -0.131. The lowest BCUT2D eigenvalue weighted by Gasteiger charge is -2.06. The average molecular weight is 268 g/mol. The van der Waals surface area contributed by atoms with Crippen LogP contribution in [-0.2, 0) is 10.5 Å². The van der Waals surface area contributed by atoms with Crippen LogP contribution in [0.3, 0.4) is 0 Å². The van der Waals surface area contributed by atoms with Crippen LogP contribution in [0.2, 0.25) is 0 Å². The minimum Gasteiger partial charge on any atom is -0.478 e. The molecule has 0 spiro atoms. The molecule has 0 aliphatic heterocycles. The van der Waals surface area contributed by atoms with Crippen LogP contribution in [0.1, 0.15) is 30.9 Å². The zero-order valence-electron chi connectivity index (χ0n) is 10.4. The fraction of sp³-hybridized carbons (Fsp3) is 0.357. The van der Waals surface area contributed by atoms with Crippen molar-refractivity contribution in [2.45, 2.75) is 25.5 Å². The molecule has 0 fully saturated rings. The van der Waals surface area contributed by atoms with E-state index in [0.717, 1.165) is 36.0 Å². The third kappa shape index (κ3) is 5.36. The van der Waals surface area contributed by atoms with Crippen LogP contribution in [-0.4, -0.2) is 16.8 Å². The minimum atomic E-state index is -1.02. The average Bonchev–Trinajstić information content (AvgIpc) is 2.34. The molecule has 0 saturated heterocycles. The molecule has 4 heteroatoms. The summed E-state index contributed by atoms with van der Waals surface area (Å²) in [6.07, 6.45) is 4.80. The first-order valence-electron chi connectivity index (χ1n) is 5.90. The zero-order valence-corrected chi connectivity index (χ0v) is 11.2. The van der Waals surface area contributed by atoms with Gasteiger partial charge in [-0.25, -0.2) is 9.18 Å². The van der Waals surface area contributed by atoms with Crippen molar-refractivity contribution in [1.29, 1.82) is 0 Å². The van der Waals surface area contributed by atoms with Gasteiger partial charge in [0, 0.05) is 11.8 Å². The van der Waals surface area contributed by atoms with Gasteiger partial charge in [0.15, 0.2) is 0 Å². The van der Waals surface area contributed by atoms with Crippen molar-refractivity contribution >= 4 is 23.8 Å². The highest BCUT2D eigenvalue weighted by molar-refractivity contribution is 7.98. The number of halogens is 1. The van der Waals surface area contributed by atoms with Crippen LogP contribution in [0, 0.1) is 5.82 Å². The smallest absolute Gasteiger partial charge is 0.328 e. The Kier molecular flexibility index (Phi) is 6.50. The van der Waals surface area contributed by atoms with Crippen molar-refractivity contribution in [3.05, 3.63) is 41.2 Å². The summed E-state index contributed by atoms with van der Waals surface area (Å²) in [5.41, 5.74) is 1.61. The summed E-state index contributed by atoms with van der Waals surface area (Å²) in [6, 6.07) is 4.50. The predicted molar refractivity (Wildman–Crippen MR) is 74.1 cm³/mol. The van der Waals surface area contributed by atoms with E-state index in [4.69, 9.17) is 5.11 Å². The summed E-state index contributed by atoms with van der Waals surface area (Å²) in [5.74, 6) is 0.474. The van der Waals surface area contributed by atoms with E-state index in [1.807, 2.05) is 0 Å². The van der Waals surface area contributed by atoms with Gasteiger partial charge in [-0.1, -0.05) is 19.4 Å². The standard InChI is InChI=1S/C14H17FO2S/c1-2-3-8-18-10-12-4-6-13(15)9-11(12)5-7-14(16)17/h4-7,9H,2-3,8,10H2,1H3,(H,16,17)/b7-5+. The molecule has 0 heterocycles. The highest BCUT2D eigenvalue weighted by Gasteiger charge is 2.02. The number of unbranched alkanes of at least 4 members (excludes halogenated alkanes) is 1. The normalized spacial score (nSPS) is 11.0. The van der Waals surface area contributed by atoms with Crippen molar-refractivity contribution in [2.75, 3.05) is 5.75 Å². The molecule has 0 radical (unpaired) electrons. The SMILES string of the molecule is CCCCSCc1ccc(F)cc1/C=C/C(=O)O. The largest absolute Gasteiger partial charge is 0.478 e. The molecule has 0 amide bonds. The van der Waals surface area contributed by atoms with E-state index in [0.29, 0.717) is 5.56 Å². The van der Waals surface area contributed by atoms with E-state index in [-0.39, 0.29) is 5.82 Å². The Hall–Kier alpha value is -1.29. The van der Waals surface area contributed by atoms with E-state index >= 15 is 0 Å². The van der Waals surface area contributed by atoms with E-state index < -0.39 is 5.97 Å². The van der Waals surface area contributed by atoms with Gasteiger partial charge in [0.25, 0.3) is 0 Å². The van der Waals surface area contributed by atoms with Crippen molar-refractivity contribution in [3.63, 3.8) is 0 Å². The third-order valence-electron chi connectivity index (χ3n) is 2.41. The Balaban J connectivity index is 2.73. The van der Waals surface area contributed by atoms with E-state index in [9.17, 15) is 9.18 Å². The van der Waals surface area contributed by atoms with Crippen molar-refractivity contribution in [2.24, 2.45) is 0 Å². The van der Waals surface area contributed by atoms with Crippen LogP contribution in [0.4, 0.5) is 4.39 Å². The molecule has 1 rings (SSSR count). The van der Waals surface area contributed by atoms with Gasteiger partial charge < -0.3 is 5.11 Å². The lowest BCUT2D eigenvalue weighted by atomic mass is 10.1. The van der Waals surface area contributed by atoms with Crippen LogP contribution in [0.5, 0.6) is 0 Å². The van der Waals surface area contributed by atoms with Gasteiger partial charge in [-0.05, 0) is 41.5 Å². The van der Waals surface area contributed by atoms with Crippen molar-refractivity contribution in [3.8, 4) is 0 Å². The Morgan fingerprint density at radius 3 is 2.94 bits per heavy atom. The third-order valence-corrected chi connectivity index (χ3v) is 3.51. The molecule has 0 aromatic heterocycles. The van der Waals surface area contributed by atoms with Gasteiger partial charge in [-0.3, -0.25) is 0 Å². The topological polar surface area (TPSA) is 37.3 Å². The van der Waals surface area contributed by atoms with Gasteiger partial charge in [0.2, 0.25) is 0 Å². The number of hydrogen-bond donors (Lipinski definition) is 1. The highest BCUT2D eigenvalue weighted by atomic mass is 32.2. The number of rotatable bonds is 7. The Labute approximate surface area is 111 Å². The summed E-state index contributed by atoms with van der Waals surface area (Å²) in [4.78, 5) is 10.5. The molecule has 0 unspecified atom stereocenters. The van der Waals surface area contributed by atoms with Crippen LogP contribution in [0.25, 0.3) is 6.08 Å². The summed E-state index contributed by atoms with van der Waals surface area (Å²) in [6.45, 7) is 2.14. The second-order valence-corrected chi connectivity index (χ2v) is 5.03. The van der Waals surface area contributed by atoms with Gasteiger partial charge in [0.1, 0.15) is 5.82 Å². The van der Waals surface area contributed by atoms with E-state index in [1.54, 1.807) is 17.8 Å². The number of carboxylic acids is 1. The summed E-state index contributed by atoms with van der Waals surface area (Å²) in [7, 11) is 0. The van der Waals surface area contributed by atoms with Gasteiger partial charge in [-0.2, -0.15) is 11.8 Å². The maximum absolute atomic E-state index is 13.1. The Morgan fingerprint density at radius 2 is 2.28 bits per heavy atom. The molecule has 1 N–H and O–H groups in total. The molecular formula is C14H17FO2S. The van der Waals surface area contributed by atoms with E-state index in [2.05, 4.69) is 6.92 Å². The molecular weight excluding hydrogens is 251 g/mol. The fourth-order valence-electron chi connectivity index (χ4n) is 1.44. The molecule has 98 valence electrons. The molecule has 2 nitrogen and oxygen atoms in total. The van der Waals surface area contributed by atoms with Gasteiger partial charge in [-0.15, -0.1) is 0 Å². The summed E-state index contributed by atoms with van der Waals surface area (Å²) < 4.78 is 13.1. The number of carbonyl (C=O) groups is 1.